The van der Waals surface area contributed by atoms with Gasteiger partial charge < -0.3 is 70.4 Å². The fourth-order valence-electron chi connectivity index (χ4n) is 7.63. The highest BCUT2D eigenvalue weighted by molar-refractivity contribution is 6.37. The van der Waals surface area contributed by atoms with E-state index in [1.165, 1.54) is 6.07 Å². The predicted octanol–water partition coefficient (Wildman–Crippen LogP) is 3.53. The average molecular weight is 998 g/mol. The minimum Gasteiger partial charge on any atom is -0.490 e. The number of carbonyl (C=O) groups excluding carboxylic acids is 4. The summed E-state index contributed by atoms with van der Waals surface area (Å²) >= 11 is 13.0. The zero-order valence-electron chi connectivity index (χ0n) is 38.2. The van der Waals surface area contributed by atoms with Crippen molar-refractivity contribution in [1.82, 2.24) is 26.4 Å². The van der Waals surface area contributed by atoms with E-state index in [1.54, 1.807) is 19.2 Å². The molecule has 0 fully saturated rings. The molecule has 0 saturated heterocycles. The smallest absolute Gasteiger partial charge is 0.407 e. The maximum Gasteiger partial charge on any atom is 0.407 e. The first kappa shape index (κ1) is 52.5. The molecule has 6 rings (SSSR count). The van der Waals surface area contributed by atoms with E-state index >= 15 is 0 Å². The van der Waals surface area contributed by atoms with E-state index in [1.807, 2.05) is 48.5 Å². The van der Waals surface area contributed by atoms with Crippen molar-refractivity contribution >= 4 is 52.9 Å². The number of halogens is 2. The van der Waals surface area contributed by atoms with Gasteiger partial charge in [0.25, 0.3) is 0 Å². The summed E-state index contributed by atoms with van der Waals surface area (Å²) in [5.41, 5.74) is 14.0. The fraction of sp³-hybridized carbons (Fsp3) is 0.447. The van der Waals surface area contributed by atoms with Crippen LogP contribution in [0.5, 0.6) is 5.75 Å². The number of nitrogens with two attached hydrogens (primary N) is 2. The lowest BCUT2D eigenvalue weighted by molar-refractivity contribution is -0.142. The maximum absolute atomic E-state index is 14.0. The summed E-state index contributed by atoms with van der Waals surface area (Å²) in [4.78, 5) is 57.7. The molecule has 0 bridgehead atoms. The zero-order valence-corrected chi connectivity index (χ0v) is 39.7. The molecule has 2 aliphatic rings. The van der Waals surface area contributed by atoms with Crippen LogP contribution in [0.25, 0.3) is 11.1 Å². The summed E-state index contributed by atoms with van der Waals surface area (Å²) in [6.07, 6.45) is -0.201. The summed E-state index contributed by atoms with van der Waals surface area (Å²) in [5, 5.41) is 15.4. The second-order valence-corrected chi connectivity index (χ2v) is 16.5. The third-order valence-corrected chi connectivity index (χ3v) is 11.5. The fourth-order valence-corrected chi connectivity index (χ4v) is 8.23. The minimum absolute atomic E-state index is 0.00141. The van der Waals surface area contributed by atoms with Gasteiger partial charge in [-0.2, -0.15) is 0 Å². The highest BCUT2D eigenvalue weighted by atomic mass is 35.5. The molecule has 0 spiro atoms. The SMILES string of the molecule is COCCOCCOCCOC(NC(=O)CN)C(NC(=O)CN)(NC(=O)CNC(=O)OCC1c2ccccc2-c2ccccc21)c1cc(CCCCCOc2c(Cl)cc(C3=NCCO3)cc2Cl)on1. The Kier molecular flexibility index (Phi) is 20.4. The van der Waals surface area contributed by atoms with Gasteiger partial charge in [0.1, 0.15) is 31.2 Å². The van der Waals surface area contributed by atoms with Crippen LogP contribution >= 0.6 is 23.2 Å². The van der Waals surface area contributed by atoms with E-state index in [4.69, 9.17) is 72.4 Å². The van der Waals surface area contributed by atoms with Crippen molar-refractivity contribution in [1.29, 1.82) is 0 Å². The minimum atomic E-state index is -2.19. The molecule has 4 amide bonds. The van der Waals surface area contributed by atoms with Gasteiger partial charge in [-0.05, 0) is 53.6 Å². The molecule has 0 radical (unpaired) electrons. The Morgan fingerprint density at radius 1 is 0.812 bits per heavy atom. The molecular weight excluding hydrogens is 939 g/mol. The van der Waals surface area contributed by atoms with Crippen molar-refractivity contribution in [2.24, 2.45) is 16.5 Å². The largest absolute Gasteiger partial charge is 0.490 e. The van der Waals surface area contributed by atoms with Gasteiger partial charge in [0.15, 0.2) is 12.0 Å². The molecule has 20 nitrogen and oxygen atoms in total. The highest BCUT2D eigenvalue weighted by Crippen LogP contribution is 2.44. The number of hydrogen-bond donors (Lipinski definition) is 6. The van der Waals surface area contributed by atoms with E-state index < -0.39 is 55.3 Å². The molecular formula is C47H58Cl2N8O12. The number of aryl methyl sites for hydroxylation is 1. The zero-order chi connectivity index (χ0) is 49.0. The van der Waals surface area contributed by atoms with Crippen LogP contribution in [0.15, 0.2) is 76.2 Å². The lowest BCUT2D eigenvalue weighted by Crippen LogP contribution is -2.71. The van der Waals surface area contributed by atoms with Crippen LogP contribution in [-0.2, 0) is 54.9 Å². The van der Waals surface area contributed by atoms with E-state index in [9.17, 15) is 19.2 Å². The van der Waals surface area contributed by atoms with Gasteiger partial charge >= 0.3 is 6.09 Å². The van der Waals surface area contributed by atoms with Crippen LogP contribution in [-0.4, -0.2) is 134 Å². The third-order valence-electron chi connectivity index (χ3n) is 10.9. The number of methoxy groups -OCH3 is 1. The molecule has 69 heavy (non-hydrogen) atoms. The van der Waals surface area contributed by atoms with E-state index in [2.05, 4.69) is 31.4 Å². The number of benzene rings is 3. The summed E-state index contributed by atoms with van der Waals surface area (Å²) in [5.74, 6) is -1.37. The number of unbranched alkanes of at least 4 members (excludes halogenated alkanes) is 2. The van der Waals surface area contributed by atoms with Crippen molar-refractivity contribution in [2.45, 2.75) is 43.5 Å². The van der Waals surface area contributed by atoms with E-state index in [0.717, 1.165) is 22.3 Å². The molecule has 1 aliphatic carbocycles. The van der Waals surface area contributed by atoms with Crippen LogP contribution in [0.2, 0.25) is 10.0 Å². The number of amides is 4. The summed E-state index contributed by atoms with van der Waals surface area (Å²) < 4.78 is 45.0. The lowest BCUT2D eigenvalue weighted by atomic mass is 9.98. The van der Waals surface area contributed by atoms with Crippen molar-refractivity contribution in [3.63, 3.8) is 0 Å². The number of aliphatic imine (C=N–C) groups is 1. The molecule has 3 aromatic carbocycles. The van der Waals surface area contributed by atoms with Gasteiger partial charge in [0.2, 0.25) is 29.3 Å². The van der Waals surface area contributed by atoms with Gasteiger partial charge in [0.05, 0.1) is 75.9 Å². The third kappa shape index (κ3) is 14.6. The molecule has 1 aliphatic heterocycles. The Balaban J connectivity index is 1.13. The van der Waals surface area contributed by atoms with Crippen molar-refractivity contribution < 1.29 is 56.9 Å². The van der Waals surface area contributed by atoms with Crippen molar-refractivity contribution in [3.05, 3.63) is 105 Å². The van der Waals surface area contributed by atoms with Gasteiger partial charge in [-0.25, -0.2) is 9.79 Å². The molecule has 2 unspecified atom stereocenters. The Bertz CT molecular complexity index is 2320. The molecule has 8 N–H and O–H groups in total. The molecule has 4 aromatic rings. The second kappa shape index (κ2) is 26.8. The number of rotatable bonds is 29. The van der Waals surface area contributed by atoms with E-state index in [0.29, 0.717) is 91.7 Å². The summed E-state index contributed by atoms with van der Waals surface area (Å²) in [6, 6.07) is 20.7. The molecule has 2 heterocycles. The Morgan fingerprint density at radius 3 is 2.12 bits per heavy atom. The molecule has 22 heteroatoms. The summed E-state index contributed by atoms with van der Waals surface area (Å²) in [6.45, 7) is 0.816. The normalized spacial score (nSPS) is 14.1. The first-order valence-electron chi connectivity index (χ1n) is 22.5. The maximum atomic E-state index is 14.0. The monoisotopic (exact) mass is 996 g/mol. The number of ether oxygens (including phenoxy) is 7. The van der Waals surface area contributed by atoms with Crippen LogP contribution in [0.1, 0.15) is 53.3 Å². The van der Waals surface area contributed by atoms with Crippen LogP contribution < -0.4 is 37.5 Å². The number of nitrogens with one attached hydrogen (secondary N) is 4. The second-order valence-electron chi connectivity index (χ2n) is 15.7. The van der Waals surface area contributed by atoms with Gasteiger partial charge in [-0.1, -0.05) is 76.9 Å². The number of nitrogens with zero attached hydrogens (tertiary/aromatic N) is 2. The van der Waals surface area contributed by atoms with Gasteiger partial charge in [-0.3, -0.25) is 14.4 Å². The van der Waals surface area contributed by atoms with Crippen molar-refractivity contribution in [3.8, 4) is 16.9 Å². The van der Waals surface area contributed by atoms with Gasteiger partial charge in [0, 0.05) is 31.1 Å². The number of alkyl carbamates (subject to hydrolysis) is 1. The van der Waals surface area contributed by atoms with Crippen LogP contribution in [0.4, 0.5) is 4.79 Å². The molecule has 2 atom stereocenters. The van der Waals surface area contributed by atoms with Crippen LogP contribution in [0, 0.1) is 0 Å². The van der Waals surface area contributed by atoms with Crippen LogP contribution in [0.3, 0.4) is 0 Å². The lowest BCUT2D eigenvalue weighted by Gasteiger charge is -2.40. The molecule has 0 saturated carbocycles. The number of fused-ring (bicyclic) bond motifs is 3. The molecule has 1 aromatic heterocycles. The Labute approximate surface area is 409 Å². The van der Waals surface area contributed by atoms with Gasteiger partial charge in [-0.15, -0.1) is 0 Å². The standard InChI is InChI=1S/C47H58Cl2N8O12/c1-62-17-18-63-19-20-64-21-22-67-45(54-40(58)26-50)47(55-41(59)27-51,56-42(60)28-53-46(61)68-29-36-34-12-6-4-10-32(34)33-11-5-7-13-35(33)36)39-25-31(69-57-39)9-3-2-8-15-65-43-37(48)23-30(24-38(43)49)44-52-14-16-66-44/h4-7,10-13,23-25,36,45H,2-3,8-9,14-22,26-29,50-51H2,1H3,(H,53,61)(H,54,58)(H,55,59)(H,56,60). The first-order valence-corrected chi connectivity index (χ1v) is 23.2. The number of aromatic nitrogens is 1. The number of carbonyl (C=O) groups is 4. The van der Waals surface area contributed by atoms with Crippen molar-refractivity contribution in [2.75, 3.05) is 92.8 Å². The average Bonchev–Trinajstić information content (AvgIpc) is 4.14. The topological polar surface area (TPSA) is 271 Å². The first-order chi connectivity index (χ1) is 33.6. The quantitative estimate of drug-likeness (QED) is 0.0336. The Hall–Kier alpha value is -5.84. The highest BCUT2D eigenvalue weighted by Gasteiger charge is 2.48. The Morgan fingerprint density at radius 2 is 1.46 bits per heavy atom. The number of hydrogen-bond acceptors (Lipinski definition) is 16. The molecule has 372 valence electrons. The summed E-state index contributed by atoms with van der Waals surface area (Å²) in [7, 11) is 1.56. The predicted molar refractivity (Wildman–Crippen MR) is 254 cm³/mol. The van der Waals surface area contributed by atoms with E-state index in [-0.39, 0.29) is 44.6 Å².